The number of hydrogen-bond acceptors (Lipinski definition) is 5. The van der Waals surface area contributed by atoms with Crippen molar-refractivity contribution in [2.45, 2.75) is 19.4 Å². The molecular weight excluding hydrogens is 284 g/mol. The van der Waals surface area contributed by atoms with Crippen molar-refractivity contribution in [3.8, 4) is 0 Å². The Labute approximate surface area is 122 Å². The van der Waals surface area contributed by atoms with E-state index in [1.54, 1.807) is 14.0 Å². The molecule has 1 unspecified atom stereocenters. The van der Waals surface area contributed by atoms with Gasteiger partial charge in [-0.25, -0.2) is 9.59 Å². The first-order valence-electron chi connectivity index (χ1n) is 6.45. The summed E-state index contributed by atoms with van der Waals surface area (Å²) in [6, 6.07) is -1.16. The second-order valence-electron chi connectivity index (χ2n) is 4.38. The van der Waals surface area contributed by atoms with Gasteiger partial charge >= 0.3 is 18.0 Å². The van der Waals surface area contributed by atoms with Crippen LogP contribution in [-0.4, -0.2) is 77.2 Å². The Bertz CT molecular complexity index is 377. The monoisotopic (exact) mass is 304 g/mol. The van der Waals surface area contributed by atoms with Crippen LogP contribution in [0.3, 0.4) is 0 Å². The second-order valence-corrected chi connectivity index (χ2v) is 5.53. The summed E-state index contributed by atoms with van der Waals surface area (Å²) in [6.45, 7) is 2.65. The minimum Gasteiger partial charge on any atom is -0.480 e. The van der Waals surface area contributed by atoms with Crippen LogP contribution in [-0.2, 0) is 14.3 Å². The van der Waals surface area contributed by atoms with E-state index in [0.29, 0.717) is 18.9 Å². The Morgan fingerprint density at radius 3 is 2.75 bits per heavy atom. The maximum atomic E-state index is 12.2. The number of urea groups is 1. The fourth-order valence-electron chi connectivity index (χ4n) is 1.84. The van der Waals surface area contributed by atoms with E-state index in [-0.39, 0.29) is 25.0 Å². The average molecular weight is 304 g/mol. The van der Waals surface area contributed by atoms with E-state index in [9.17, 15) is 14.4 Å². The van der Waals surface area contributed by atoms with Crippen molar-refractivity contribution >= 4 is 29.7 Å². The molecule has 1 rings (SSSR count). The van der Waals surface area contributed by atoms with E-state index in [1.807, 2.05) is 0 Å². The van der Waals surface area contributed by atoms with Gasteiger partial charge in [-0.15, -0.1) is 0 Å². The molecule has 8 heteroatoms. The molecule has 114 valence electrons. The molecule has 1 saturated heterocycles. The first-order chi connectivity index (χ1) is 9.47. The largest absolute Gasteiger partial charge is 0.480 e. The molecule has 1 aliphatic rings. The molecule has 0 aromatic carbocycles. The van der Waals surface area contributed by atoms with E-state index in [1.165, 1.54) is 21.6 Å². The van der Waals surface area contributed by atoms with Crippen LogP contribution < -0.4 is 0 Å². The summed E-state index contributed by atoms with van der Waals surface area (Å²) in [4.78, 5) is 37.3. The Hall–Kier alpha value is -1.44. The van der Waals surface area contributed by atoms with Gasteiger partial charge in [-0.2, -0.15) is 11.8 Å². The smallest absolute Gasteiger partial charge is 0.327 e. The molecular formula is C12H20N2O5S. The molecule has 1 atom stereocenters. The normalized spacial score (nSPS) is 18.5. The standard InChI is InChI=1S/C12H20N2O5S/c1-3-19-10(15)4-5-13(2)12(18)14-6-7-20-8-9(14)11(16)17/h9H,3-8H2,1-2H3,(H,16,17). The van der Waals surface area contributed by atoms with Crippen molar-refractivity contribution in [2.24, 2.45) is 0 Å². The minimum absolute atomic E-state index is 0.108. The molecule has 1 heterocycles. The van der Waals surface area contributed by atoms with Crippen LogP contribution >= 0.6 is 11.8 Å². The summed E-state index contributed by atoms with van der Waals surface area (Å²) < 4.78 is 4.79. The van der Waals surface area contributed by atoms with Crippen LogP contribution in [0.4, 0.5) is 4.79 Å². The average Bonchev–Trinajstić information content (AvgIpc) is 2.44. The summed E-state index contributed by atoms with van der Waals surface area (Å²) in [6.07, 6.45) is 0.108. The van der Waals surface area contributed by atoms with Crippen molar-refractivity contribution in [3.63, 3.8) is 0 Å². The first-order valence-corrected chi connectivity index (χ1v) is 7.60. The van der Waals surface area contributed by atoms with E-state index in [0.717, 1.165) is 5.75 Å². The van der Waals surface area contributed by atoms with Gasteiger partial charge in [0.2, 0.25) is 0 Å². The third-order valence-corrected chi connectivity index (χ3v) is 3.97. The first kappa shape index (κ1) is 16.6. The quantitative estimate of drug-likeness (QED) is 0.744. The van der Waals surface area contributed by atoms with Crippen molar-refractivity contribution < 1.29 is 24.2 Å². The number of thioether (sulfide) groups is 1. The number of carboxylic acid groups (broad SMARTS) is 1. The van der Waals surface area contributed by atoms with Crippen LogP contribution in [0.2, 0.25) is 0 Å². The van der Waals surface area contributed by atoms with Gasteiger partial charge < -0.3 is 19.6 Å². The van der Waals surface area contributed by atoms with Gasteiger partial charge in [0.1, 0.15) is 6.04 Å². The lowest BCUT2D eigenvalue weighted by Crippen LogP contribution is -2.54. The fourth-order valence-corrected chi connectivity index (χ4v) is 2.88. The fraction of sp³-hybridized carbons (Fsp3) is 0.750. The van der Waals surface area contributed by atoms with Crippen molar-refractivity contribution in [1.29, 1.82) is 0 Å². The van der Waals surface area contributed by atoms with Crippen LogP contribution in [0, 0.1) is 0 Å². The number of carbonyl (C=O) groups is 3. The Morgan fingerprint density at radius 1 is 1.45 bits per heavy atom. The predicted molar refractivity (Wildman–Crippen MR) is 74.7 cm³/mol. The highest BCUT2D eigenvalue weighted by molar-refractivity contribution is 7.99. The summed E-state index contributed by atoms with van der Waals surface area (Å²) in [5, 5.41) is 9.13. The molecule has 0 aliphatic carbocycles. The van der Waals surface area contributed by atoms with E-state index < -0.39 is 12.0 Å². The number of nitrogens with zero attached hydrogens (tertiary/aromatic N) is 2. The highest BCUT2D eigenvalue weighted by Gasteiger charge is 2.33. The van der Waals surface area contributed by atoms with Gasteiger partial charge in [-0.05, 0) is 6.92 Å². The molecule has 0 bridgehead atoms. The number of hydrogen-bond donors (Lipinski definition) is 1. The van der Waals surface area contributed by atoms with Crippen molar-refractivity contribution in [3.05, 3.63) is 0 Å². The molecule has 2 amide bonds. The lowest BCUT2D eigenvalue weighted by molar-refractivity contribution is -0.144. The molecule has 0 saturated carbocycles. The molecule has 0 aromatic heterocycles. The molecule has 7 nitrogen and oxygen atoms in total. The van der Waals surface area contributed by atoms with Gasteiger partial charge in [0, 0.05) is 31.6 Å². The van der Waals surface area contributed by atoms with Crippen LogP contribution in [0.5, 0.6) is 0 Å². The summed E-state index contributed by atoms with van der Waals surface area (Å²) >= 11 is 1.52. The maximum Gasteiger partial charge on any atom is 0.327 e. The maximum absolute atomic E-state index is 12.2. The lowest BCUT2D eigenvalue weighted by atomic mass is 10.3. The predicted octanol–water partition coefficient (Wildman–Crippen LogP) is 0.493. The Balaban J connectivity index is 2.53. The van der Waals surface area contributed by atoms with Crippen LogP contribution in [0.25, 0.3) is 0 Å². The molecule has 0 aromatic rings. The molecule has 1 N–H and O–H groups in total. The summed E-state index contributed by atoms with van der Waals surface area (Å²) in [7, 11) is 1.56. The molecule has 0 spiro atoms. The highest BCUT2D eigenvalue weighted by Crippen LogP contribution is 2.18. The lowest BCUT2D eigenvalue weighted by Gasteiger charge is -2.35. The third-order valence-electron chi connectivity index (χ3n) is 2.94. The van der Waals surface area contributed by atoms with Crippen LogP contribution in [0.15, 0.2) is 0 Å². The van der Waals surface area contributed by atoms with E-state index in [4.69, 9.17) is 9.84 Å². The van der Waals surface area contributed by atoms with Gasteiger partial charge in [0.25, 0.3) is 0 Å². The van der Waals surface area contributed by atoms with Crippen molar-refractivity contribution in [1.82, 2.24) is 9.80 Å². The summed E-state index contributed by atoms with van der Waals surface area (Å²) in [5.74, 6) is -0.242. The Kier molecular flexibility index (Phi) is 6.63. The highest BCUT2D eigenvalue weighted by atomic mass is 32.2. The topological polar surface area (TPSA) is 87.2 Å². The minimum atomic E-state index is -0.996. The second kappa shape index (κ2) is 7.98. The van der Waals surface area contributed by atoms with E-state index >= 15 is 0 Å². The number of esters is 1. The zero-order valence-corrected chi connectivity index (χ0v) is 12.5. The van der Waals surface area contributed by atoms with Gasteiger partial charge in [-0.1, -0.05) is 0 Å². The molecule has 0 radical (unpaired) electrons. The molecule has 1 fully saturated rings. The SMILES string of the molecule is CCOC(=O)CCN(C)C(=O)N1CCSCC1C(=O)O. The molecule has 20 heavy (non-hydrogen) atoms. The zero-order valence-electron chi connectivity index (χ0n) is 11.7. The van der Waals surface area contributed by atoms with Gasteiger partial charge in [0.15, 0.2) is 0 Å². The number of amides is 2. The number of rotatable bonds is 5. The Morgan fingerprint density at radius 2 is 2.15 bits per heavy atom. The summed E-state index contributed by atoms with van der Waals surface area (Å²) in [5.41, 5.74) is 0. The number of ether oxygens (including phenoxy) is 1. The van der Waals surface area contributed by atoms with E-state index in [2.05, 4.69) is 0 Å². The number of carbonyl (C=O) groups excluding carboxylic acids is 2. The van der Waals surface area contributed by atoms with Gasteiger partial charge in [0.05, 0.1) is 13.0 Å². The zero-order chi connectivity index (χ0) is 15.1. The van der Waals surface area contributed by atoms with Crippen molar-refractivity contribution in [2.75, 3.05) is 38.2 Å². The van der Waals surface area contributed by atoms with Gasteiger partial charge in [-0.3, -0.25) is 4.79 Å². The third kappa shape index (κ3) is 4.59. The number of aliphatic carboxylic acids is 1. The number of carboxylic acids is 1. The van der Waals surface area contributed by atoms with Crippen LogP contribution in [0.1, 0.15) is 13.3 Å². The molecule has 1 aliphatic heterocycles.